The standard InChI is InChI=1S/C14H13BrCl2N2/c1-8-2-4-11(15)10(6-8)14(19-18)9-3-5-12(16)13(17)7-9/h2-7,14,19H,18H2,1H3. The highest BCUT2D eigenvalue weighted by molar-refractivity contribution is 9.10. The first-order valence-electron chi connectivity index (χ1n) is 5.70. The second-order valence-corrected chi connectivity index (χ2v) is 5.97. The molecule has 0 aliphatic rings. The molecule has 0 spiro atoms. The van der Waals surface area contributed by atoms with Gasteiger partial charge in [-0.25, -0.2) is 5.43 Å². The van der Waals surface area contributed by atoms with E-state index in [1.807, 2.05) is 31.2 Å². The summed E-state index contributed by atoms with van der Waals surface area (Å²) in [6.45, 7) is 2.04. The van der Waals surface area contributed by atoms with Crippen LogP contribution in [-0.2, 0) is 0 Å². The van der Waals surface area contributed by atoms with Gasteiger partial charge in [-0.2, -0.15) is 0 Å². The first-order chi connectivity index (χ1) is 9.02. The molecule has 0 saturated carbocycles. The Morgan fingerprint density at radius 3 is 2.47 bits per heavy atom. The molecule has 0 aromatic heterocycles. The SMILES string of the molecule is Cc1ccc(Br)c(C(NN)c2ccc(Cl)c(Cl)c2)c1. The minimum Gasteiger partial charge on any atom is -0.271 e. The van der Waals surface area contributed by atoms with E-state index in [0.29, 0.717) is 10.0 Å². The van der Waals surface area contributed by atoms with E-state index >= 15 is 0 Å². The molecule has 0 heterocycles. The summed E-state index contributed by atoms with van der Waals surface area (Å²) in [6, 6.07) is 11.5. The largest absolute Gasteiger partial charge is 0.271 e. The fourth-order valence-electron chi connectivity index (χ4n) is 1.94. The van der Waals surface area contributed by atoms with Crippen LogP contribution in [0.15, 0.2) is 40.9 Å². The molecule has 2 aromatic carbocycles. The van der Waals surface area contributed by atoms with Crippen LogP contribution in [0.2, 0.25) is 10.0 Å². The molecule has 3 N–H and O–H groups in total. The molecule has 0 fully saturated rings. The Kier molecular flexibility index (Phi) is 4.87. The van der Waals surface area contributed by atoms with Crippen molar-refractivity contribution in [3.8, 4) is 0 Å². The number of hydrogen-bond donors (Lipinski definition) is 2. The van der Waals surface area contributed by atoms with Gasteiger partial charge in [-0.1, -0.05) is 62.9 Å². The first kappa shape index (κ1) is 14.8. The van der Waals surface area contributed by atoms with E-state index in [9.17, 15) is 0 Å². The summed E-state index contributed by atoms with van der Waals surface area (Å²) in [4.78, 5) is 0. The normalized spacial score (nSPS) is 12.5. The lowest BCUT2D eigenvalue weighted by Gasteiger charge is -2.19. The van der Waals surface area contributed by atoms with Crippen LogP contribution in [0.1, 0.15) is 22.7 Å². The lowest BCUT2D eigenvalue weighted by atomic mass is 9.98. The Labute approximate surface area is 131 Å². The Morgan fingerprint density at radius 2 is 1.84 bits per heavy atom. The molecule has 0 bridgehead atoms. The van der Waals surface area contributed by atoms with Crippen LogP contribution in [-0.4, -0.2) is 0 Å². The minimum absolute atomic E-state index is 0.149. The number of rotatable bonds is 3. The van der Waals surface area contributed by atoms with Gasteiger partial charge < -0.3 is 0 Å². The predicted molar refractivity (Wildman–Crippen MR) is 84.5 cm³/mol. The van der Waals surface area contributed by atoms with E-state index in [1.54, 1.807) is 6.07 Å². The number of benzene rings is 2. The average molecular weight is 360 g/mol. The van der Waals surface area contributed by atoms with Crippen molar-refractivity contribution in [2.24, 2.45) is 5.84 Å². The number of nitrogens with two attached hydrogens (primary N) is 1. The Bertz CT molecular complexity index is 602. The number of hydrogen-bond acceptors (Lipinski definition) is 2. The van der Waals surface area contributed by atoms with E-state index in [0.717, 1.165) is 15.6 Å². The smallest absolute Gasteiger partial charge is 0.0721 e. The summed E-state index contributed by atoms with van der Waals surface area (Å²) in [5, 5.41) is 1.05. The van der Waals surface area contributed by atoms with Gasteiger partial charge in [-0.05, 0) is 36.2 Å². The molecule has 100 valence electrons. The molecule has 0 amide bonds. The molecule has 19 heavy (non-hydrogen) atoms. The molecule has 0 aliphatic heterocycles. The monoisotopic (exact) mass is 358 g/mol. The number of hydrazine groups is 1. The zero-order valence-corrected chi connectivity index (χ0v) is 13.4. The molecular weight excluding hydrogens is 347 g/mol. The van der Waals surface area contributed by atoms with E-state index in [-0.39, 0.29) is 6.04 Å². The highest BCUT2D eigenvalue weighted by Gasteiger charge is 2.16. The van der Waals surface area contributed by atoms with Crippen LogP contribution in [0.5, 0.6) is 0 Å². The molecule has 2 rings (SSSR count). The molecule has 0 radical (unpaired) electrons. The Morgan fingerprint density at radius 1 is 1.11 bits per heavy atom. The fourth-order valence-corrected chi connectivity index (χ4v) is 2.72. The van der Waals surface area contributed by atoms with E-state index in [2.05, 4.69) is 27.4 Å². The van der Waals surface area contributed by atoms with E-state index in [4.69, 9.17) is 29.0 Å². The summed E-state index contributed by atoms with van der Waals surface area (Å²) < 4.78 is 0.993. The zero-order valence-electron chi connectivity index (χ0n) is 10.3. The number of nitrogens with one attached hydrogen (secondary N) is 1. The Hall–Kier alpha value is -0.580. The van der Waals surface area contributed by atoms with Gasteiger partial charge in [0.2, 0.25) is 0 Å². The van der Waals surface area contributed by atoms with Gasteiger partial charge >= 0.3 is 0 Å². The summed E-state index contributed by atoms with van der Waals surface area (Å²) >= 11 is 15.5. The fraction of sp³-hybridized carbons (Fsp3) is 0.143. The quantitative estimate of drug-likeness (QED) is 0.620. The molecule has 0 saturated heterocycles. The first-order valence-corrected chi connectivity index (χ1v) is 7.25. The van der Waals surface area contributed by atoms with Crippen LogP contribution in [0, 0.1) is 6.92 Å². The van der Waals surface area contributed by atoms with Crippen LogP contribution in [0.3, 0.4) is 0 Å². The topological polar surface area (TPSA) is 38.0 Å². The maximum atomic E-state index is 6.06. The third-order valence-corrected chi connectivity index (χ3v) is 4.37. The van der Waals surface area contributed by atoms with Crippen LogP contribution < -0.4 is 11.3 Å². The number of aryl methyl sites for hydroxylation is 1. The highest BCUT2D eigenvalue weighted by atomic mass is 79.9. The van der Waals surface area contributed by atoms with Crippen LogP contribution in [0.25, 0.3) is 0 Å². The number of halogens is 3. The van der Waals surface area contributed by atoms with Gasteiger partial charge in [-0.15, -0.1) is 0 Å². The second kappa shape index (κ2) is 6.25. The maximum Gasteiger partial charge on any atom is 0.0721 e. The molecule has 2 nitrogen and oxygen atoms in total. The van der Waals surface area contributed by atoms with Crippen LogP contribution in [0.4, 0.5) is 0 Å². The van der Waals surface area contributed by atoms with Crippen LogP contribution >= 0.6 is 39.1 Å². The zero-order chi connectivity index (χ0) is 14.0. The Balaban J connectivity index is 2.49. The van der Waals surface area contributed by atoms with Crippen molar-refractivity contribution in [1.82, 2.24) is 5.43 Å². The third kappa shape index (κ3) is 3.30. The molecule has 0 aliphatic carbocycles. The molecular formula is C14H13BrCl2N2. The lowest BCUT2D eigenvalue weighted by molar-refractivity contribution is 0.634. The molecule has 2 aromatic rings. The second-order valence-electron chi connectivity index (χ2n) is 4.30. The minimum atomic E-state index is -0.149. The van der Waals surface area contributed by atoms with E-state index < -0.39 is 0 Å². The van der Waals surface area contributed by atoms with Crippen molar-refractivity contribution >= 4 is 39.1 Å². The van der Waals surface area contributed by atoms with Crippen molar-refractivity contribution in [2.45, 2.75) is 13.0 Å². The summed E-state index contributed by atoms with van der Waals surface area (Å²) in [5.74, 6) is 5.70. The van der Waals surface area contributed by atoms with Gasteiger partial charge in [0.05, 0.1) is 16.1 Å². The van der Waals surface area contributed by atoms with Crippen molar-refractivity contribution in [2.75, 3.05) is 0 Å². The third-order valence-electron chi connectivity index (χ3n) is 2.91. The summed E-state index contributed by atoms with van der Waals surface area (Å²) in [6.07, 6.45) is 0. The molecule has 1 atom stereocenters. The van der Waals surface area contributed by atoms with Gasteiger partial charge in [0, 0.05) is 4.47 Å². The van der Waals surface area contributed by atoms with Gasteiger partial charge in [0.25, 0.3) is 0 Å². The summed E-state index contributed by atoms with van der Waals surface area (Å²) in [7, 11) is 0. The van der Waals surface area contributed by atoms with Gasteiger partial charge in [-0.3, -0.25) is 5.84 Å². The van der Waals surface area contributed by atoms with Gasteiger partial charge in [0.1, 0.15) is 0 Å². The average Bonchev–Trinajstić information content (AvgIpc) is 2.38. The maximum absolute atomic E-state index is 6.06. The highest BCUT2D eigenvalue weighted by Crippen LogP contribution is 2.32. The molecule has 1 unspecified atom stereocenters. The lowest BCUT2D eigenvalue weighted by Crippen LogP contribution is -2.29. The van der Waals surface area contributed by atoms with E-state index in [1.165, 1.54) is 5.56 Å². The molecule has 5 heteroatoms. The van der Waals surface area contributed by atoms with Crippen molar-refractivity contribution < 1.29 is 0 Å². The van der Waals surface area contributed by atoms with Crippen molar-refractivity contribution in [3.63, 3.8) is 0 Å². The predicted octanol–water partition coefficient (Wildman–Crippen LogP) is 4.62. The van der Waals surface area contributed by atoms with Gasteiger partial charge in [0.15, 0.2) is 0 Å². The van der Waals surface area contributed by atoms with Crippen molar-refractivity contribution in [1.29, 1.82) is 0 Å². The van der Waals surface area contributed by atoms with Crippen molar-refractivity contribution in [3.05, 3.63) is 67.6 Å². The summed E-state index contributed by atoms with van der Waals surface area (Å²) in [5.41, 5.74) is 6.00.